The Morgan fingerprint density at radius 2 is 1.85 bits per heavy atom. The van der Waals surface area contributed by atoms with Gasteiger partial charge in [-0.05, 0) is 36.6 Å². The van der Waals surface area contributed by atoms with Crippen LogP contribution >= 0.6 is 23.1 Å². The molecule has 2 N–H and O–H groups in total. The second-order valence-corrected chi connectivity index (χ2v) is 8.24. The van der Waals surface area contributed by atoms with Crippen molar-refractivity contribution in [2.45, 2.75) is 30.6 Å². The molecule has 1 heterocycles. The van der Waals surface area contributed by atoms with Crippen molar-refractivity contribution in [2.24, 2.45) is 0 Å². The van der Waals surface area contributed by atoms with E-state index in [1.54, 1.807) is 0 Å². The molecule has 0 spiro atoms. The normalized spacial score (nSPS) is 11.8. The minimum Gasteiger partial charge on any atom is -0.349 e. The summed E-state index contributed by atoms with van der Waals surface area (Å²) in [5, 5.41) is 15.3. The molecule has 3 rings (SSSR count). The van der Waals surface area contributed by atoms with Crippen LogP contribution in [0.1, 0.15) is 31.0 Å². The quantitative estimate of drug-likeness (QED) is 0.533. The third kappa shape index (κ3) is 5.80. The zero-order valence-corrected chi connectivity index (χ0v) is 16.9. The Morgan fingerprint density at radius 1 is 1.11 bits per heavy atom. The van der Waals surface area contributed by atoms with E-state index in [9.17, 15) is 4.79 Å². The first-order valence-electron chi connectivity index (χ1n) is 8.80. The Morgan fingerprint density at radius 3 is 2.56 bits per heavy atom. The van der Waals surface area contributed by atoms with Crippen LogP contribution in [0.5, 0.6) is 0 Å². The van der Waals surface area contributed by atoms with Crippen LogP contribution in [-0.4, -0.2) is 21.9 Å². The Kier molecular flexibility index (Phi) is 6.84. The Hall–Kier alpha value is -2.38. The summed E-state index contributed by atoms with van der Waals surface area (Å²) in [4.78, 5) is 12.2. The van der Waals surface area contributed by atoms with Crippen LogP contribution in [0.4, 0.5) is 10.8 Å². The van der Waals surface area contributed by atoms with Gasteiger partial charge in [-0.2, -0.15) is 0 Å². The Labute approximate surface area is 167 Å². The largest absolute Gasteiger partial charge is 0.349 e. The van der Waals surface area contributed by atoms with E-state index in [2.05, 4.69) is 39.9 Å². The number of hydrogen-bond donors (Lipinski definition) is 2. The number of nitrogens with zero attached hydrogens (tertiary/aromatic N) is 2. The number of thioether (sulfide) groups is 1. The Balaban J connectivity index is 1.48. The number of aryl methyl sites for hydroxylation is 1. The number of benzene rings is 2. The molecule has 3 aromatic rings. The second kappa shape index (κ2) is 9.53. The number of nitrogens with one attached hydrogen (secondary N) is 2. The van der Waals surface area contributed by atoms with Gasteiger partial charge in [0.05, 0.1) is 11.8 Å². The maximum Gasteiger partial charge on any atom is 0.230 e. The molecular formula is C20H22N4OS2. The summed E-state index contributed by atoms with van der Waals surface area (Å²) in [5.74, 6) is 0.299. The molecule has 140 valence electrons. The fourth-order valence-corrected chi connectivity index (χ4v) is 4.08. The van der Waals surface area contributed by atoms with Gasteiger partial charge in [-0.15, -0.1) is 10.2 Å². The van der Waals surface area contributed by atoms with Gasteiger partial charge in [0.2, 0.25) is 11.0 Å². The van der Waals surface area contributed by atoms with Crippen molar-refractivity contribution >= 4 is 39.8 Å². The van der Waals surface area contributed by atoms with Crippen LogP contribution in [0.2, 0.25) is 0 Å². The predicted molar refractivity (Wildman–Crippen MR) is 113 cm³/mol. The zero-order valence-electron chi connectivity index (χ0n) is 15.3. The van der Waals surface area contributed by atoms with Gasteiger partial charge in [-0.3, -0.25) is 4.79 Å². The lowest BCUT2D eigenvalue weighted by Gasteiger charge is -2.13. The summed E-state index contributed by atoms with van der Waals surface area (Å²) in [6.07, 6.45) is 1.02. The molecule has 7 heteroatoms. The highest BCUT2D eigenvalue weighted by Gasteiger charge is 2.12. The van der Waals surface area contributed by atoms with E-state index in [4.69, 9.17) is 0 Å². The smallest absolute Gasteiger partial charge is 0.230 e. The van der Waals surface area contributed by atoms with Crippen LogP contribution in [0.15, 0.2) is 58.9 Å². The van der Waals surface area contributed by atoms with Crippen molar-refractivity contribution in [1.82, 2.24) is 15.5 Å². The van der Waals surface area contributed by atoms with Crippen molar-refractivity contribution in [3.63, 3.8) is 0 Å². The van der Waals surface area contributed by atoms with E-state index in [-0.39, 0.29) is 11.9 Å². The highest BCUT2D eigenvalue weighted by atomic mass is 32.2. The van der Waals surface area contributed by atoms with E-state index in [1.807, 2.05) is 49.4 Å². The molecule has 0 aliphatic carbocycles. The van der Waals surface area contributed by atoms with Crippen molar-refractivity contribution in [2.75, 3.05) is 11.1 Å². The van der Waals surface area contributed by atoms with Gasteiger partial charge in [0.15, 0.2) is 4.34 Å². The lowest BCUT2D eigenvalue weighted by Crippen LogP contribution is -2.28. The maximum absolute atomic E-state index is 12.2. The summed E-state index contributed by atoms with van der Waals surface area (Å²) in [7, 11) is 0. The molecule has 1 atom stereocenters. The van der Waals surface area contributed by atoms with E-state index >= 15 is 0 Å². The number of rotatable bonds is 8. The summed E-state index contributed by atoms with van der Waals surface area (Å²) in [5.41, 5.74) is 3.37. The minimum atomic E-state index is -0.0174. The first-order chi connectivity index (χ1) is 13.1. The highest BCUT2D eigenvalue weighted by molar-refractivity contribution is 8.01. The van der Waals surface area contributed by atoms with E-state index in [0.717, 1.165) is 27.1 Å². The number of hydrogen-bond acceptors (Lipinski definition) is 6. The van der Waals surface area contributed by atoms with Gasteiger partial charge in [-0.1, -0.05) is 72.5 Å². The first kappa shape index (κ1) is 19.4. The molecule has 0 unspecified atom stereocenters. The molecule has 0 saturated carbocycles. The second-order valence-electron chi connectivity index (χ2n) is 6.04. The number of anilines is 2. The molecule has 1 amide bonds. The molecule has 27 heavy (non-hydrogen) atoms. The van der Waals surface area contributed by atoms with Crippen molar-refractivity contribution < 1.29 is 4.79 Å². The van der Waals surface area contributed by atoms with Gasteiger partial charge in [0.25, 0.3) is 0 Å². The molecule has 0 saturated heterocycles. The molecule has 0 fully saturated rings. The van der Waals surface area contributed by atoms with Crippen molar-refractivity contribution in [3.05, 3.63) is 65.7 Å². The average molecular weight is 399 g/mol. The van der Waals surface area contributed by atoms with Gasteiger partial charge >= 0.3 is 0 Å². The van der Waals surface area contributed by atoms with E-state index in [1.165, 1.54) is 28.7 Å². The molecule has 0 aliphatic rings. The SMILES string of the molecule is CCc1ccc(Nc2nnc(SCC(=O)N[C@@H](C)c3ccccc3)s2)cc1. The number of carbonyl (C=O) groups excluding carboxylic acids is 1. The highest BCUT2D eigenvalue weighted by Crippen LogP contribution is 2.27. The summed E-state index contributed by atoms with van der Waals surface area (Å²) >= 11 is 2.84. The van der Waals surface area contributed by atoms with Crippen LogP contribution < -0.4 is 10.6 Å². The van der Waals surface area contributed by atoms with E-state index in [0.29, 0.717) is 5.75 Å². The molecule has 2 aromatic carbocycles. The summed E-state index contributed by atoms with van der Waals surface area (Å²) < 4.78 is 0.769. The first-order valence-corrected chi connectivity index (χ1v) is 10.6. The van der Waals surface area contributed by atoms with Crippen LogP contribution in [0, 0.1) is 0 Å². The maximum atomic E-state index is 12.2. The Bertz CT molecular complexity index is 865. The van der Waals surface area contributed by atoms with Gasteiger partial charge in [0.1, 0.15) is 0 Å². The van der Waals surface area contributed by atoms with Gasteiger partial charge in [-0.25, -0.2) is 0 Å². The molecule has 0 radical (unpaired) electrons. The fourth-order valence-electron chi connectivity index (χ4n) is 2.50. The average Bonchev–Trinajstić information content (AvgIpc) is 3.15. The van der Waals surface area contributed by atoms with Crippen LogP contribution in [0.3, 0.4) is 0 Å². The standard InChI is InChI=1S/C20H22N4OS2/c1-3-15-9-11-17(12-10-15)22-19-23-24-20(27-19)26-13-18(25)21-14(2)16-7-5-4-6-8-16/h4-12,14H,3,13H2,1-2H3,(H,21,25)(H,22,23)/t14-/m0/s1. The molecule has 0 aliphatic heterocycles. The van der Waals surface area contributed by atoms with Gasteiger partial charge < -0.3 is 10.6 Å². The zero-order chi connectivity index (χ0) is 19.1. The van der Waals surface area contributed by atoms with Crippen molar-refractivity contribution in [1.29, 1.82) is 0 Å². The number of amides is 1. The van der Waals surface area contributed by atoms with Crippen LogP contribution in [-0.2, 0) is 11.2 Å². The molecule has 0 bridgehead atoms. The third-order valence-corrected chi connectivity index (χ3v) is 6.00. The number of carbonyl (C=O) groups is 1. The number of aromatic nitrogens is 2. The van der Waals surface area contributed by atoms with Gasteiger partial charge in [0, 0.05) is 5.69 Å². The molecule has 5 nitrogen and oxygen atoms in total. The third-order valence-electron chi connectivity index (χ3n) is 4.02. The van der Waals surface area contributed by atoms with Crippen molar-refractivity contribution in [3.8, 4) is 0 Å². The lowest BCUT2D eigenvalue weighted by atomic mass is 10.1. The summed E-state index contributed by atoms with van der Waals surface area (Å²) in [6, 6.07) is 18.2. The molecule has 1 aromatic heterocycles. The minimum absolute atomic E-state index is 0.0166. The fraction of sp³-hybridized carbons (Fsp3) is 0.250. The van der Waals surface area contributed by atoms with E-state index < -0.39 is 0 Å². The summed E-state index contributed by atoms with van der Waals surface area (Å²) in [6.45, 7) is 4.11. The monoisotopic (exact) mass is 398 g/mol. The van der Waals surface area contributed by atoms with Crippen LogP contribution in [0.25, 0.3) is 0 Å². The molecular weight excluding hydrogens is 376 g/mol. The lowest BCUT2D eigenvalue weighted by molar-refractivity contribution is -0.119. The topological polar surface area (TPSA) is 66.9 Å². The predicted octanol–water partition coefficient (Wildman–Crippen LogP) is 4.81.